The number of hydrogen-bond donors (Lipinski definition) is 2. The standard InChI is InChI=1S/C20H22O3/c1-3-16(19-14-18(23-2)12-13-20(19)22)7-5-4-6-15-8-10-17(21)11-9-15/h3,5,7-14,16,21-22H,1,4,6H2,2H3/b7-5-/t16-/m1/s1. The zero-order chi connectivity index (χ0) is 16.7. The van der Waals surface area contributed by atoms with E-state index in [1.807, 2.05) is 24.3 Å². The Labute approximate surface area is 137 Å². The van der Waals surface area contributed by atoms with E-state index in [9.17, 15) is 10.2 Å². The molecule has 0 heterocycles. The van der Waals surface area contributed by atoms with Crippen LogP contribution in [0.3, 0.4) is 0 Å². The molecule has 0 aliphatic heterocycles. The third-order valence-corrected chi connectivity index (χ3v) is 3.73. The fourth-order valence-electron chi connectivity index (χ4n) is 2.39. The van der Waals surface area contributed by atoms with E-state index in [1.54, 1.807) is 37.5 Å². The highest BCUT2D eigenvalue weighted by atomic mass is 16.5. The van der Waals surface area contributed by atoms with Gasteiger partial charge in [-0.3, -0.25) is 0 Å². The van der Waals surface area contributed by atoms with Crippen molar-refractivity contribution in [2.75, 3.05) is 7.11 Å². The van der Waals surface area contributed by atoms with Gasteiger partial charge in [0.05, 0.1) is 7.11 Å². The molecular formula is C20H22O3. The smallest absolute Gasteiger partial charge is 0.119 e. The highest BCUT2D eigenvalue weighted by molar-refractivity contribution is 5.44. The molecule has 0 fully saturated rings. The molecule has 0 aliphatic rings. The molecule has 0 aromatic heterocycles. The predicted octanol–water partition coefficient (Wildman–Crippen LogP) is 4.57. The van der Waals surface area contributed by atoms with Crippen molar-refractivity contribution in [2.24, 2.45) is 0 Å². The number of hydrogen-bond acceptors (Lipinski definition) is 3. The molecule has 0 aliphatic carbocycles. The second kappa shape index (κ2) is 8.08. The molecule has 120 valence electrons. The van der Waals surface area contributed by atoms with Crippen LogP contribution in [0.1, 0.15) is 23.5 Å². The SMILES string of the molecule is C=C[C@H](/C=C\CCc1ccc(O)cc1)c1cc(OC)ccc1O. The summed E-state index contributed by atoms with van der Waals surface area (Å²) in [5, 5.41) is 19.3. The van der Waals surface area contributed by atoms with E-state index in [0.29, 0.717) is 5.75 Å². The van der Waals surface area contributed by atoms with E-state index in [1.165, 1.54) is 5.56 Å². The van der Waals surface area contributed by atoms with E-state index in [-0.39, 0.29) is 17.4 Å². The van der Waals surface area contributed by atoms with E-state index >= 15 is 0 Å². The fraction of sp³-hybridized carbons (Fsp3) is 0.200. The Morgan fingerprint density at radius 1 is 1.13 bits per heavy atom. The lowest BCUT2D eigenvalue weighted by molar-refractivity contribution is 0.410. The topological polar surface area (TPSA) is 49.7 Å². The lowest BCUT2D eigenvalue weighted by Gasteiger charge is -2.12. The highest BCUT2D eigenvalue weighted by Gasteiger charge is 2.10. The molecular weight excluding hydrogens is 288 g/mol. The van der Waals surface area contributed by atoms with Crippen molar-refractivity contribution in [2.45, 2.75) is 18.8 Å². The molecule has 2 rings (SSSR count). The third-order valence-electron chi connectivity index (χ3n) is 3.73. The molecule has 0 bridgehead atoms. The van der Waals surface area contributed by atoms with Crippen LogP contribution in [-0.2, 0) is 6.42 Å². The van der Waals surface area contributed by atoms with Crippen LogP contribution < -0.4 is 4.74 Å². The van der Waals surface area contributed by atoms with Crippen molar-refractivity contribution >= 4 is 0 Å². The second-order valence-electron chi connectivity index (χ2n) is 5.32. The summed E-state index contributed by atoms with van der Waals surface area (Å²) in [4.78, 5) is 0. The van der Waals surface area contributed by atoms with Crippen LogP contribution in [0, 0.1) is 0 Å². The van der Waals surface area contributed by atoms with Gasteiger partial charge in [0.1, 0.15) is 17.2 Å². The van der Waals surface area contributed by atoms with E-state index in [0.717, 1.165) is 18.4 Å². The Hall–Kier alpha value is -2.68. The average molecular weight is 310 g/mol. The van der Waals surface area contributed by atoms with Gasteiger partial charge in [0, 0.05) is 11.5 Å². The van der Waals surface area contributed by atoms with Crippen LogP contribution in [-0.4, -0.2) is 17.3 Å². The first-order valence-electron chi connectivity index (χ1n) is 7.58. The Bertz CT molecular complexity index is 672. The number of rotatable bonds is 7. The van der Waals surface area contributed by atoms with Crippen molar-refractivity contribution in [3.05, 3.63) is 78.4 Å². The van der Waals surface area contributed by atoms with E-state index in [4.69, 9.17) is 4.74 Å². The molecule has 0 spiro atoms. The second-order valence-corrected chi connectivity index (χ2v) is 5.32. The van der Waals surface area contributed by atoms with Crippen molar-refractivity contribution in [3.63, 3.8) is 0 Å². The molecule has 3 nitrogen and oxygen atoms in total. The molecule has 2 N–H and O–H groups in total. The average Bonchev–Trinajstić information content (AvgIpc) is 2.57. The number of allylic oxidation sites excluding steroid dienone is 3. The summed E-state index contributed by atoms with van der Waals surface area (Å²) in [6.07, 6.45) is 7.68. The lowest BCUT2D eigenvalue weighted by atomic mass is 9.96. The summed E-state index contributed by atoms with van der Waals surface area (Å²) in [7, 11) is 1.60. The number of benzene rings is 2. The summed E-state index contributed by atoms with van der Waals surface area (Å²) in [5.74, 6) is 1.16. The van der Waals surface area contributed by atoms with Crippen molar-refractivity contribution < 1.29 is 14.9 Å². The molecule has 0 amide bonds. The van der Waals surface area contributed by atoms with Gasteiger partial charge in [0.25, 0.3) is 0 Å². The largest absolute Gasteiger partial charge is 0.508 e. The fourth-order valence-corrected chi connectivity index (χ4v) is 2.39. The van der Waals surface area contributed by atoms with Crippen LogP contribution in [0.25, 0.3) is 0 Å². The van der Waals surface area contributed by atoms with Gasteiger partial charge in [-0.05, 0) is 48.7 Å². The molecule has 0 saturated carbocycles. The number of ether oxygens (including phenoxy) is 1. The normalized spacial score (nSPS) is 12.2. The monoisotopic (exact) mass is 310 g/mol. The van der Waals surface area contributed by atoms with Gasteiger partial charge in [-0.15, -0.1) is 6.58 Å². The maximum absolute atomic E-state index is 10.0. The minimum absolute atomic E-state index is 0.0649. The number of aryl methyl sites for hydroxylation is 1. The molecule has 1 atom stereocenters. The quantitative estimate of drug-likeness (QED) is 0.737. The Kier molecular flexibility index (Phi) is 5.87. The van der Waals surface area contributed by atoms with Crippen LogP contribution >= 0.6 is 0 Å². The number of methoxy groups -OCH3 is 1. The van der Waals surface area contributed by atoms with Gasteiger partial charge in [-0.25, -0.2) is 0 Å². The van der Waals surface area contributed by atoms with Gasteiger partial charge in [-0.1, -0.05) is 30.4 Å². The number of aromatic hydroxyl groups is 2. The molecule has 2 aromatic carbocycles. The van der Waals surface area contributed by atoms with Gasteiger partial charge < -0.3 is 14.9 Å². The van der Waals surface area contributed by atoms with Crippen molar-refractivity contribution in [1.29, 1.82) is 0 Å². The number of phenols is 2. The number of phenolic OH excluding ortho intramolecular Hbond substituents is 2. The minimum atomic E-state index is -0.0649. The zero-order valence-corrected chi connectivity index (χ0v) is 13.3. The summed E-state index contributed by atoms with van der Waals surface area (Å²) in [5.41, 5.74) is 1.95. The molecule has 0 radical (unpaired) electrons. The summed E-state index contributed by atoms with van der Waals surface area (Å²) in [6, 6.07) is 12.4. The zero-order valence-electron chi connectivity index (χ0n) is 13.3. The first-order chi connectivity index (χ1) is 11.1. The van der Waals surface area contributed by atoms with Gasteiger partial charge >= 0.3 is 0 Å². The van der Waals surface area contributed by atoms with Crippen molar-refractivity contribution in [1.82, 2.24) is 0 Å². The van der Waals surface area contributed by atoms with Crippen LogP contribution in [0.4, 0.5) is 0 Å². The maximum Gasteiger partial charge on any atom is 0.119 e. The van der Waals surface area contributed by atoms with Crippen LogP contribution in [0.2, 0.25) is 0 Å². The first-order valence-corrected chi connectivity index (χ1v) is 7.58. The third kappa shape index (κ3) is 4.65. The summed E-state index contributed by atoms with van der Waals surface area (Å²) < 4.78 is 5.21. The van der Waals surface area contributed by atoms with E-state index in [2.05, 4.69) is 12.7 Å². The first kappa shape index (κ1) is 16.7. The maximum atomic E-state index is 10.0. The van der Waals surface area contributed by atoms with Gasteiger partial charge in [-0.2, -0.15) is 0 Å². The summed E-state index contributed by atoms with van der Waals surface area (Å²) in [6.45, 7) is 3.85. The Morgan fingerprint density at radius 2 is 1.87 bits per heavy atom. The highest BCUT2D eigenvalue weighted by Crippen LogP contribution is 2.31. The Balaban J connectivity index is 2.01. The van der Waals surface area contributed by atoms with Gasteiger partial charge in [0.2, 0.25) is 0 Å². The molecule has 23 heavy (non-hydrogen) atoms. The predicted molar refractivity (Wildman–Crippen MR) is 93.2 cm³/mol. The van der Waals surface area contributed by atoms with Crippen molar-refractivity contribution in [3.8, 4) is 17.2 Å². The molecule has 3 heteroatoms. The van der Waals surface area contributed by atoms with Crippen LogP contribution in [0.15, 0.2) is 67.3 Å². The van der Waals surface area contributed by atoms with Gasteiger partial charge in [0.15, 0.2) is 0 Å². The summed E-state index contributed by atoms with van der Waals surface area (Å²) >= 11 is 0. The van der Waals surface area contributed by atoms with Crippen LogP contribution in [0.5, 0.6) is 17.2 Å². The Morgan fingerprint density at radius 3 is 2.52 bits per heavy atom. The molecule has 0 saturated heterocycles. The lowest BCUT2D eigenvalue weighted by Crippen LogP contribution is -1.94. The molecule has 2 aromatic rings. The minimum Gasteiger partial charge on any atom is -0.508 e. The molecule has 0 unspecified atom stereocenters. The van der Waals surface area contributed by atoms with E-state index < -0.39 is 0 Å².